The van der Waals surface area contributed by atoms with Crippen molar-refractivity contribution in [2.24, 2.45) is 0 Å². The van der Waals surface area contributed by atoms with Gasteiger partial charge in [0.1, 0.15) is 0 Å². The van der Waals surface area contributed by atoms with Gasteiger partial charge in [0, 0.05) is 0 Å². The number of alkyl halides is 1. The van der Waals surface area contributed by atoms with Gasteiger partial charge in [-0.2, -0.15) is 0 Å². The van der Waals surface area contributed by atoms with Crippen LogP contribution in [0, 0.1) is 0 Å². The zero-order valence-electron chi connectivity index (χ0n) is 14.4. The third-order valence-corrected chi connectivity index (χ3v) is 4.36. The van der Waals surface area contributed by atoms with E-state index < -0.39 is 4.87 Å². The Morgan fingerprint density at radius 2 is 1.70 bits per heavy atom. The third kappa shape index (κ3) is 6.46. The minimum absolute atomic E-state index is 0.506. The van der Waals surface area contributed by atoms with Crippen molar-refractivity contribution in [2.45, 2.75) is 38.5 Å². The predicted molar refractivity (Wildman–Crippen MR) is 105 cm³/mol. The second kappa shape index (κ2) is 10.9. The molecular weight excluding hydrogens is 300 g/mol. The van der Waals surface area contributed by atoms with Gasteiger partial charge in [0.15, 0.2) is 0 Å². The van der Waals surface area contributed by atoms with Crippen LogP contribution in [-0.4, -0.2) is 0 Å². The van der Waals surface area contributed by atoms with Crippen LogP contribution in [0.4, 0.5) is 0 Å². The zero-order valence-corrected chi connectivity index (χ0v) is 15.1. The van der Waals surface area contributed by atoms with E-state index in [4.69, 9.17) is 11.6 Å². The summed E-state index contributed by atoms with van der Waals surface area (Å²) >= 11 is 7.05. The van der Waals surface area contributed by atoms with Crippen LogP contribution in [0.2, 0.25) is 0 Å². The zero-order chi connectivity index (χ0) is 17.0. The van der Waals surface area contributed by atoms with Crippen LogP contribution in [-0.2, 0) is 4.87 Å². The second-order valence-electron chi connectivity index (χ2n) is 5.41. The molecule has 0 aliphatic rings. The molecule has 1 unspecified atom stereocenters. The number of halogens is 1. The summed E-state index contributed by atoms with van der Waals surface area (Å²) in [5.41, 5.74) is 2.27. The number of benzene rings is 1. The Kier molecular flexibility index (Phi) is 9.09. The summed E-state index contributed by atoms with van der Waals surface area (Å²) in [6.45, 7) is 6.14. The maximum atomic E-state index is 7.05. The third-order valence-electron chi connectivity index (χ3n) is 3.69. The van der Waals surface area contributed by atoms with Crippen LogP contribution in [0.15, 0.2) is 90.6 Å². The topological polar surface area (TPSA) is 0 Å². The summed E-state index contributed by atoms with van der Waals surface area (Å²) in [5.74, 6) is 0. The average Bonchev–Trinajstić information content (AvgIpc) is 2.59. The standard InChI is InChI=1S/C22H27Cl/c1-4-6-8-10-15-19-22(23,21-17-13-11-14-18-21)20(3)16-12-9-7-5-2/h4-7,9-18H,8,19H2,1-3H3/b6-4-,7-5-,12-9-,15-10-,20-16+. The van der Waals surface area contributed by atoms with Crippen LogP contribution in [0.3, 0.4) is 0 Å². The van der Waals surface area contributed by atoms with Crippen molar-refractivity contribution in [2.75, 3.05) is 0 Å². The Balaban J connectivity index is 3.03. The largest absolute Gasteiger partial charge is 0.109 e. The SMILES string of the molecule is C\C=C/C=C\C=C(/C)C(Cl)(C/C=C\C/C=C\C)c1ccccc1. The summed E-state index contributed by atoms with van der Waals surface area (Å²) in [6, 6.07) is 10.3. The van der Waals surface area contributed by atoms with E-state index in [9.17, 15) is 0 Å². The smallest absolute Gasteiger partial charge is 0.0938 e. The first-order valence-electron chi connectivity index (χ1n) is 8.12. The van der Waals surface area contributed by atoms with Crippen LogP contribution in [0.5, 0.6) is 0 Å². The van der Waals surface area contributed by atoms with E-state index in [0.717, 1.165) is 24.0 Å². The molecule has 1 aromatic carbocycles. The highest BCUT2D eigenvalue weighted by Crippen LogP contribution is 2.40. The Labute approximate surface area is 146 Å². The first kappa shape index (κ1) is 19.3. The maximum absolute atomic E-state index is 7.05. The van der Waals surface area contributed by atoms with Crippen LogP contribution in [0.1, 0.15) is 39.2 Å². The molecule has 1 atom stereocenters. The first-order chi connectivity index (χ1) is 11.1. The lowest BCUT2D eigenvalue weighted by Crippen LogP contribution is -2.19. The van der Waals surface area contributed by atoms with Crippen molar-refractivity contribution in [3.63, 3.8) is 0 Å². The molecule has 0 fully saturated rings. The van der Waals surface area contributed by atoms with Gasteiger partial charge in [-0.3, -0.25) is 0 Å². The molecule has 122 valence electrons. The van der Waals surface area contributed by atoms with E-state index in [-0.39, 0.29) is 0 Å². The lowest BCUT2D eigenvalue weighted by atomic mass is 9.87. The fourth-order valence-electron chi connectivity index (χ4n) is 2.27. The molecule has 0 aromatic heterocycles. The van der Waals surface area contributed by atoms with Gasteiger partial charge in [-0.25, -0.2) is 0 Å². The molecular formula is C22H27Cl. The number of hydrogen-bond acceptors (Lipinski definition) is 0. The molecule has 23 heavy (non-hydrogen) atoms. The molecule has 0 aliphatic carbocycles. The van der Waals surface area contributed by atoms with Crippen molar-refractivity contribution in [3.05, 3.63) is 96.2 Å². The van der Waals surface area contributed by atoms with Crippen molar-refractivity contribution in [1.29, 1.82) is 0 Å². The van der Waals surface area contributed by atoms with Gasteiger partial charge in [0.25, 0.3) is 0 Å². The Hall–Kier alpha value is -1.79. The van der Waals surface area contributed by atoms with Gasteiger partial charge in [0.05, 0.1) is 4.87 Å². The summed E-state index contributed by atoms with van der Waals surface area (Å²) < 4.78 is 0. The molecule has 0 saturated carbocycles. The van der Waals surface area contributed by atoms with Crippen molar-refractivity contribution in [3.8, 4) is 0 Å². The van der Waals surface area contributed by atoms with E-state index in [1.807, 2.05) is 56.4 Å². The van der Waals surface area contributed by atoms with Crippen molar-refractivity contribution < 1.29 is 0 Å². The van der Waals surface area contributed by atoms with E-state index in [2.05, 4.69) is 49.4 Å². The van der Waals surface area contributed by atoms with Gasteiger partial charge in [-0.1, -0.05) is 85.0 Å². The average molecular weight is 327 g/mol. The van der Waals surface area contributed by atoms with Crippen molar-refractivity contribution >= 4 is 11.6 Å². The molecule has 0 radical (unpaired) electrons. The monoisotopic (exact) mass is 326 g/mol. The lowest BCUT2D eigenvalue weighted by molar-refractivity contribution is 0.720. The second-order valence-corrected chi connectivity index (χ2v) is 6.05. The molecule has 0 spiro atoms. The highest BCUT2D eigenvalue weighted by Gasteiger charge is 2.29. The summed E-state index contributed by atoms with van der Waals surface area (Å²) in [6.07, 6.45) is 20.4. The van der Waals surface area contributed by atoms with Crippen molar-refractivity contribution in [1.82, 2.24) is 0 Å². The number of allylic oxidation sites excluding steroid dienone is 10. The molecule has 0 heterocycles. The van der Waals surface area contributed by atoms with Crippen LogP contribution < -0.4 is 0 Å². The Morgan fingerprint density at radius 1 is 0.957 bits per heavy atom. The summed E-state index contributed by atoms with van der Waals surface area (Å²) in [5, 5.41) is 0. The Bertz CT molecular complexity index is 588. The normalized spacial score (nSPS) is 16.1. The van der Waals surface area contributed by atoms with Gasteiger partial charge in [-0.05, 0) is 44.7 Å². The lowest BCUT2D eigenvalue weighted by Gasteiger charge is -2.27. The molecule has 0 bridgehead atoms. The predicted octanol–water partition coefficient (Wildman–Crippen LogP) is 7.11. The maximum Gasteiger partial charge on any atom is 0.0938 e. The molecule has 1 aromatic rings. The van der Waals surface area contributed by atoms with Gasteiger partial charge in [-0.15, -0.1) is 11.6 Å². The van der Waals surface area contributed by atoms with Gasteiger partial charge < -0.3 is 0 Å². The molecule has 0 amide bonds. The van der Waals surface area contributed by atoms with E-state index in [0.29, 0.717) is 0 Å². The Morgan fingerprint density at radius 3 is 2.35 bits per heavy atom. The minimum atomic E-state index is -0.506. The number of rotatable bonds is 8. The fraction of sp³-hybridized carbons (Fsp3) is 0.273. The summed E-state index contributed by atoms with van der Waals surface area (Å²) in [4.78, 5) is -0.506. The van der Waals surface area contributed by atoms with Gasteiger partial charge in [0.2, 0.25) is 0 Å². The number of hydrogen-bond donors (Lipinski definition) is 0. The van der Waals surface area contributed by atoms with Crippen LogP contribution in [0.25, 0.3) is 0 Å². The molecule has 0 saturated heterocycles. The molecule has 1 heteroatoms. The van der Waals surface area contributed by atoms with Crippen LogP contribution >= 0.6 is 11.6 Å². The quantitative estimate of drug-likeness (QED) is 0.271. The van der Waals surface area contributed by atoms with Gasteiger partial charge >= 0.3 is 0 Å². The highest BCUT2D eigenvalue weighted by atomic mass is 35.5. The fourth-order valence-corrected chi connectivity index (χ4v) is 2.55. The highest BCUT2D eigenvalue weighted by molar-refractivity contribution is 6.26. The first-order valence-corrected chi connectivity index (χ1v) is 8.50. The molecule has 1 rings (SSSR count). The van der Waals surface area contributed by atoms with E-state index in [1.165, 1.54) is 0 Å². The van der Waals surface area contributed by atoms with E-state index >= 15 is 0 Å². The molecule has 0 N–H and O–H groups in total. The minimum Gasteiger partial charge on any atom is -0.109 e. The molecule has 0 aliphatic heterocycles. The summed E-state index contributed by atoms with van der Waals surface area (Å²) in [7, 11) is 0. The molecule has 0 nitrogen and oxygen atoms in total. The van der Waals surface area contributed by atoms with E-state index in [1.54, 1.807) is 0 Å².